The van der Waals surface area contributed by atoms with Crippen LogP contribution in [0.5, 0.6) is 0 Å². The minimum Gasteiger partial charge on any atom is -0.481 e. The fourth-order valence-electron chi connectivity index (χ4n) is 3.50. The van der Waals surface area contributed by atoms with Crippen LogP contribution >= 0.6 is 0 Å². The third-order valence-corrected chi connectivity index (χ3v) is 5.00. The van der Waals surface area contributed by atoms with E-state index in [1.54, 1.807) is 20.8 Å². The van der Waals surface area contributed by atoms with E-state index in [1.165, 1.54) is 0 Å². The molecule has 0 aromatic rings. The first-order valence-electron chi connectivity index (χ1n) is 7.85. The third-order valence-electron chi connectivity index (χ3n) is 5.00. The number of unbranched alkanes of at least 4 members (excludes halogenated alkanes) is 3. The van der Waals surface area contributed by atoms with E-state index in [1.807, 2.05) is 0 Å². The second kappa shape index (κ2) is 8.28. The quantitative estimate of drug-likeness (QED) is 0.554. The predicted molar refractivity (Wildman–Crippen MR) is 79.8 cm³/mol. The lowest BCUT2D eigenvalue weighted by Gasteiger charge is -2.44. The van der Waals surface area contributed by atoms with Gasteiger partial charge in [0.05, 0.1) is 10.8 Å². The maximum atomic E-state index is 11.9. The Hall–Kier alpha value is -1.06. The highest BCUT2D eigenvalue weighted by atomic mass is 16.4. The second-order valence-corrected chi connectivity index (χ2v) is 5.65. The molecule has 0 fully saturated rings. The smallest absolute Gasteiger partial charge is 0.310 e. The van der Waals surface area contributed by atoms with Crippen LogP contribution in [0.25, 0.3) is 0 Å². The van der Waals surface area contributed by atoms with Gasteiger partial charge in [-0.15, -0.1) is 0 Å². The molecular formula is C16H30O4. The predicted octanol–water partition coefficient (Wildman–Crippen LogP) is 4.33. The second-order valence-electron chi connectivity index (χ2n) is 5.65. The van der Waals surface area contributed by atoms with Crippen molar-refractivity contribution in [2.24, 2.45) is 10.8 Å². The van der Waals surface area contributed by atoms with Gasteiger partial charge in [-0.25, -0.2) is 0 Å². The summed E-state index contributed by atoms with van der Waals surface area (Å²) in [6.45, 7) is 7.48. The summed E-state index contributed by atoms with van der Waals surface area (Å²) in [6.07, 6.45) is 5.42. The van der Waals surface area contributed by atoms with Gasteiger partial charge in [-0.2, -0.15) is 0 Å². The monoisotopic (exact) mass is 286 g/mol. The summed E-state index contributed by atoms with van der Waals surface area (Å²) < 4.78 is 0. The van der Waals surface area contributed by atoms with Gasteiger partial charge in [-0.3, -0.25) is 9.59 Å². The summed E-state index contributed by atoms with van der Waals surface area (Å²) in [5.41, 5.74) is -2.32. The normalized spacial score (nSPS) is 14.8. The molecule has 0 heterocycles. The highest BCUT2D eigenvalue weighted by Crippen LogP contribution is 2.51. The fraction of sp³-hybridized carbons (Fsp3) is 0.875. The average Bonchev–Trinajstić information content (AvgIpc) is 2.42. The molecule has 4 heteroatoms. The molecule has 1 unspecified atom stereocenters. The van der Waals surface area contributed by atoms with Crippen molar-refractivity contribution < 1.29 is 19.8 Å². The first-order chi connectivity index (χ1) is 9.38. The van der Waals surface area contributed by atoms with E-state index in [9.17, 15) is 19.8 Å². The van der Waals surface area contributed by atoms with E-state index in [0.717, 1.165) is 25.7 Å². The van der Waals surface area contributed by atoms with Crippen molar-refractivity contribution >= 4 is 11.9 Å². The molecule has 0 aliphatic carbocycles. The Morgan fingerprint density at radius 2 is 1.20 bits per heavy atom. The molecule has 0 rings (SSSR count). The van der Waals surface area contributed by atoms with Crippen LogP contribution in [0.2, 0.25) is 0 Å². The summed E-state index contributed by atoms with van der Waals surface area (Å²) >= 11 is 0. The lowest BCUT2D eigenvalue weighted by atomic mass is 9.57. The van der Waals surface area contributed by atoms with Crippen LogP contribution in [0.4, 0.5) is 0 Å². The van der Waals surface area contributed by atoms with Crippen molar-refractivity contribution in [1.82, 2.24) is 0 Å². The summed E-state index contributed by atoms with van der Waals surface area (Å²) in [5, 5.41) is 19.4. The molecule has 0 aliphatic heterocycles. The lowest BCUT2D eigenvalue weighted by Crippen LogP contribution is -2.52. The van der Waals surface area contributed by atoms with Crippen LogP contribution in [0, 0.1) is 10.8 Å². The maximum absolute atomic E-state index is 11.9. The lowest BCUT2D eigenvalue weighted by molar-refractivity contribution is -0.177. The number of hydrogen-bond acceptors (Lipinski definition) is 2. The fourth-order valence-corrected chi connectivity index (χ4v) is 3.50. The number of carboxylic acids is 2. The number of rotatable bonds is 11. The number of aliphatic carboxylic acids is 2. The molecule has 0 bridgehead atoms. The van der Waals surface area contributed by atoms with Gasteiger partial charge in [-0.1, -0.05) is 53.4 Å². The highest BCUT2D eigenvalue weighted by molar-refractivity contribution is 5.86. The van der Waals surface area contributed by atoms with Gasteiger partial charge in [-0.05, 0) is 25.7 Å². The minimum absolute atomic E-state index is 0.354. The van der Waals surface area contributed by atoms with Crippen molar-refractivity contribution in [2.45, 2.75) is 79.1 Å². The number of hydrogen-bond donors (Lipinski definition) is 2. The maximum Gasteiger partial charge on any atom is 0.310 e. The summed E-state index contributed by atoms with van der Waals surface area (Å²) in [6, 6.07) is 0. The Bertz CT molecular complexity index is 320. The van der Waals surface area contributed by atoms with E-state index >= 15 is 0 Å². The van der Waals surface area contributed by atoms with Crippen LogP contribution in [0.15, 0.2) is 0 Å². The van der Waals surface area contributed by atoms with Gasteiger partial charge in [0, 0.05) is 0 Å². The van der Waals surface area contributed by atoms with Crippen LogP contribution in [0.3, 0.4) is 0 Å². The van der Waals surface area contributed by atoms with E-state index in [4.69, 9.17) is 0 Å². The summed E-state index contributed by atoms with van der Waals surface area (Å²) in [4.78, 5) is 23.7. The minimum atomic E-state index is -1.17. The molecule has 0 saturated carbocycles. The largest absolute Gasteiger partial charge is 0.481 e. The van der Waals surface area contributed by atoms with E-state index in [2.05, 4.69) is 6.92 Å². The molecule has 0 aliphatic rings. The molecule has 0 spiro atoms. The zero-order valence-electron chi connectivity index (χ0n) is 13.4. The van der Waals surface area contributed by atoms with Gasteiger partial charge in [0.15, 0.2) is 0 Å². The first kappa shape index (κ1) is 18.9. The molecule has 0 radical (unpaired) electrons. The molecular weight excluding hydrogens is 256 g/mol. The molecule has 2 N–H and O–H groups in total. The van der Waals surface area contributed by atoms with Crippen LogP contribution in [0.1, 0.15) is 79.1 Å². The molecule has 0 aromatic heterocycles. The number of carboxylic acid groups (broad SMARTS) is 2. The Morgan fingerprint density at radius 1 is 0.750 bits per heavy atom. The van der Waals surface area contributed by atoms with Crippen molar-refractivity contribution in [3.63, 3.8) is 0 Å². The number of carbonyl (C=O) groups is 2. The topological polar surface area (TPSA) is 74.6 Å². The molecule has 0 saturated heterocycles. The van der Waals surface area contributed by atoms with E-state index < -0.39 is 22.8 Å². The van der Waals surface area contributed by atoms with Crippen LogP contribution < -0.4 is 0 Å². The summed E-state index contributed by atoms with van der Waals surface area (Å²) in [5.74, 6) is -1.93. The van der Waals surface area contributed by atoms with Gasteiger partial charge in [0.25, 0.3) is 0 Å². The van der Waals surface area contributed by atoms with Gasteiger partial charge >= 0.3 is 11.9 Å². The molecule has 118 valence electrons. The Morgan fingerprint density at radius 3 is 1.50 bits per heavy atom. The van der Waals surface area contributed by atoms with Gasteiger partial charge < -0.3 is 10.2 Å². The SMILES string of the molecule is CCCCCCC(CC)(C(=O)O)C(CC)(CC)C(=O)O. The van der Waals surface area contributed by atoms with Crippen molar-refractivity contribution in [3.05, 3.63) is 0 Å². The Kier molecular flexibility index (Phi) is 7.84. The van der Waals surface area contributed by atoms with Crippen LogP contribution in [-0.2, 0) is 9.59 Å². The Labute approximate surface area is 122 Å². The first-order valence-corrected chi connectivity index (χ1v) is 7.85. The molecule has 1 atom stereocenters. The zero-order valence-corrected chi connectivity index (χ0v) is 13.4. The van der Waals surface area contributed by atoms with Gasteiger partial charge in [0.2, 0.25) is 0 Å². The third kappa shape index (κ3) is 3.33. The molecule has 0 aromatic carbocycles. The Balaban J connectivity index is 5.48. The van der Waals surface area contributed by atoms with Crippen molar-refractivity contribution in [1.29, 1.82) is 0 Å². The van der Waals surface area contributed by atoms with E-state index in [-0.39, 0.29) is 0 Å². The highest BCUT2D eigenvalue weighted by Gasteiger charge is 2.57. The van der Waals surface area contributed by atoms with Crippen LogP contribution in [-0.4, -0.2) is 22.2 Å². The van der Waals surface area contributed by atoms with Gasteiger partial charge in [0.1, 0.15) is 0 Å². The summed E-state index contributed by atoms with van der Waals surface area (Å²) in [7, 11) is 0. The van der Waals surface area contributed by atoms with Crippen molar-refractivity contribution in [2.75, 3.05) is 0 Å². The zero-order chi connectivity index (χ0) is 15.8. The molecule has 4 nitrogen and oxygen atoms in total. The molecule has 20 heavy (non-hydrogen) atoms. The van der Waals surface area contributed by atoms with Crippen molar-refractivity contribution in [3.8, 4) is 0 Å². The van der Waals surface area contributed by atoms with E-state index in [0.29, 0.717) is 25.7 Å². The molecule has 0 amide bonds. The average molecular weight is 286 g/mol. The standard InChI is InChI=1S/C16H30O4/c1-5-9-10-11-12-16(8-4,14(19)20)15(6-2,7-3)13(17)18/h5-12H2,1-4H3,(H,17,18)(H,19,20).